The largest absolute Gasteiger partial charge is 0.493 e. The van der Waals surface area contributed by atoms with Crippen LogP contribution in [0.5, 0.6) is 23.0 Å². The Morgan fingerprint density at radius 1 is 0.784 bits per heavy atom. The molecule has 9 nitrogen and oxygen atoms in total. The zero-order chi connectivity index (χ0) is 26.4. The van der Waals surface area contributed by atoms with Crippen molar-refractivity contribution in [3.63, 3.8) is 0 Å². The highest BCUT2D eigenvalue weighted by atomic mass is 16.5. The number of carbonyl (C=O) groups is 2. The van der Waals surface area contributed by atoms with Crippen LogP contribution in [0.25, 0.3) is 10.9 Å². The summed E-state index contributed by atoms with van der Waals surface area (Å²) in [6, 6.07) is 17.0. The molecule has 37 heavy (non-hydrogen) atoms. The molecule has 0 radical (unpaired) electrons. The van der Waals surface area contributed by atoms with E-state index in [4.69, 9.17) is 14.2 Å². The zero-order valence-electron chi connectivity index (χ0n) is 20.6. The molecular formula is C28H26N4O5. The first-order valence-electron chi connectivity index (χ1n) is 11.3. The fraction of sp³-hybridized carbons (Fsp3) is 0.107. The molecule has 3 amide bonds. The van der Waals surface area contributed by atoms with Gasteiger partial charge >= 0.3 is 6.03 Å². The Hall–Kier alpha value is -5.05. The van der Waals surface area contributed by atoms with E-state index in [2.05, 4.69) is 27.5 Å². The number of fused-ring (bicyclic) bond motifs is 1. The molecular weight excluding hydrogens is 472 g/mol. The number of benzene rings is 3. The number of pyridine rings is 1. The maximum atomic E-state index is 12.6. The minimum atomic E-state index is -0.427. The molecule has 0 aliphatic heterocycles. The Morgan fingerprint density at radius 2 is 1.41 bits per heavy atom. The Kier molecular flexibility index (Phi) is 7.53. The summed E-state index contributed by atoms with van der Waals surface area (Å²) in [5.41, 5.74) is 3.27. The Bertz CT molecular complexity index is 1470. The van der Waals surface area contributed by atoms with Crippen LogP contribution in [0.2, 0.25) is 0 Å². The van der Waals surface area contributed by atoms with Crippen LogP contribution in [-0.2, 0) is 4.79 Å². The van der Waals surface area contributed by atoms with E-state index in [0.29, 0.717) is 45.6 Å². The van der Waals surface area contributed by atoms with E-state index < -0.39 is 6.03 Å². The first kappa shape index (κ1) is 25.1. The van der Waals surface area contributed by atoms with Crippen LogP contribution in [0.1, 0.15) is 5.56 Å². The quantitative estimate of drug-likeness (QED) is 0.252. The summed E-state index contributed by atoms with van der Waals surface area (Å²) in [6.07, 6.45) is 2.84. The van der Waals surface area contributed by atoms with Crippen molar-refractivity contribution in [1.29, 1.82) is 0 Å². The van der Waals surface area contributed by atoms with Gasteiger partial charge in [-0.15, -0.1) is 0 Å². The maximum absolute atomic E-state index is 12.6. The smallest absolute Gasteiger partial charge is 0.323 e. The molecule has 0 unspecified atom stereocenters. The highest BCUT2D eigenvalue weighted by Gasteiger charge is 2.13. The van der Waals surface area contributed by atoms with Crippen molar-refractivity contribution in [1.82, 2.24) is 4.98 Å². The molecule has 0 aliphatic carbocycles. The van der Waals surface area contributed by atoms with Crippen molar-refractivity contribution in [2.75, 3.05) is 30.2 Å². The predicted molar refractivity (Wildman–Crippen MR) is 144 cm³/mol. The van der Waals surface area contributed by atoms with E-state index in [9.17, 15) is 9.59 Å². The second-order valence-electron chi connectivity index (χ2n) is 7.97. The number of ether oxygens (including phenoxy) is 3. The number of urea groups is 1. The van der Waals surface area contributed by atoms with Crippen molar-refractivity contribution in [3.8, 4) is 23.0 Å². The molecule has 3 aromatic carbocycles. The number of aromatic nitrogens is 1. The molecule has 0 atom stereocenters. The van der Waals surface area contributed by atoms with Gasteiger partial charge in [0, 0.05) is 40.8 Å². The lowest BCUT2D eigenvalue weighted by Gasteiger charge is -2.15. The van der Waals surface area contributed by atoms with Gasteiger partial charge in [0.15, 0.2) is 11.5 Å². The van der Waals surface area contributed by atoms with Gasteiger partial charge in [-0.05, 0) is 61.0 Å². The van der Waals surface area contributed by atoms with E-state index in [1.54, 1.807) is 68.9 Å². The molecule has 1 aromatic heterocycles. The van der Waals surface area contributed by atoms with E-state index in [1.807, 2.05) is 19.1 Å². The number of nitrogens with one attached hydrogen (secondary N) is 3. The summed E-state index contributed by atoms with van der Waals surface area (Å²) < 4.78 is 17.0. The normalized spacial score (nSPS) is 10.4. The van der Waals surface area contributed by atoms with Gasteiger partial charge in [-0.3, -0.25) is 9.78 Å². The SMILES string of the molecule is C=CC(=O)Nc1ccc(NC(=O)Nc2ccc(C)c(Oc3ccnc4cc(OC)c(OC)cc34)c2)cc1. The Morgan fingerprint density at radius 3 is 2.08 bits per heavy atom. The molecule has 4 rings (SSSR count). The van der Waals surface area contributed by atoms with Crippen LogP contribution < -0.4 is 30.2 Å². The van der Waals surface area contributed by atoms with Crippen LogP contribution in [0, 0.1) is 6.92 Å². The third-order valence-corrected chi connectivity index (χ3v) is 5.47. The lowest BCUT2D eigenvalue weighted by atomic mass is 10.1. The van der Waals surface area contributed by atoms with Gasteiger partial charge < -0.3 is 30.2 Å². The highest BCUT2D eigenvalue weighted by Crippen LogP contribution is 2.38. The zero-order valence-corrected chi connectivity index (χ0v) is 20.6. The summed E-state index contributed by atoms with van der Waals surface area (Å²) in [4.78, 5) is 28.4. The van der Waals surface area contributed by atoms with Gasteiger partial charge in [0.2, 0.25) is 5.91 Å². The molecule has 1 heterocycles. The maximum Gasteiger partial charge on any atom is 0.323 e. The standard InChI is InChI=1S/C28H26N4O5/c1-5-27(33)30-18-8-10-19(11-9-18)31-28(34)32-20-7-6-17(2)24(14-20)37-23-12-13-29-22-16-26(36-4)25(35-3)15-21(22)23/h5-16H,1H2,2-4H3,(H,30,33)(H2,31,32,34). The first-order valence-corrected chi connectivity index (χ1v) is 11.3. The Balaban J connectivity index is 1.49. The molecule has 4 aromatic rings. The molecule has 0 saturated heterocycles. The molecule has 0 aliphatic rings. The summed E-state index contributed by atoms with van der Waals surface area (Å²) in [7, 11) is 3.14. The minimum Gasteiger partial charge on any atom is -0.493 e. The molecule has 9 heteroatoms. The van der Waals surface area contributed by atoms with Crippen molar-refractivity contribution in [2.45, 2.75) is 6.92 Å². The number of rotatable bonds is 8. The molecule has 3 N–H and O–H groups in total. The minimum absolute atomic E-state index is 0.311. The number of hydrogen-bond acceptors (Lipinski definition) is 6. The van der Waals surface area contributed by atoms with E-state index in [0.717, 1.165) is 10.9 Å². The molecule has 188 valence electrons. The van der Waals surface area contributed by atoms with Gasteiger partial charge in [-0.25, -0.2) is 4.79 Å². The summed E-state index contributed by atoms with van der Waals surface area (Å²) >= 11 is 0. The van der Waals surface area contributed by atoms with Crippen LogP contribution >= 0.6 is 0 Å². The molecule has 0 spiro atoms. The Labute approximate surface area is 214 Å². The summed E-state index contributed by atoms with van der Waals surface area (Å²) in [5, 5.41) is 8.97. The number of methoxy groups -OCH3 is 2. The van der Waals surface area contributed by atoms with Gasteiger partial charge in [0.1, 0.15) is 11.5 Å². The third kappa shape index (κ3) is 5.96. The van der Waals surface area contributed by atoms with E-state index >= 15 is 0 Å². The second kappa shape index (κ2) is 11.1. The average molecular weight is 499 g/mol. The van der Waals surface area contributed by atoms with Crippen molar-refractivity contribution in [3.05, 3.63) is 85.1 Å². The number of carbonyl (C=O) groups excluding carboxylic acids is 2. The summed E-state index contributed by atoms with van der Waals surface area (Å²) in [5.74, 6) is 1.98. The first-order chi connectivity index (χ1) is 17.9. The van der Waals surface area contributed by atoms with Crippen LogP contribution in [0.4, 0.5) is 21.9 Å². The summed E-state index contributed by atoms with van der Waals surface area (Å²) in [6.45, 7) is 5.33. The van der Waals surface area contributed by atoms with Gasteiger partial charge in [-0.1, -0.05) is 12.6 Å². The second-order valence-corrected chi connectivity index (χ2v) is 7.97. The fourth-order valence-corrected chi connectivity index (χ4v) is 3.57. The number of hydrogen-bond donors (Lipinski definition) is 3. The lowest BCUT2D eigenvalue weighted by molar-refractivity contribution is -0.111. The van der Waals surface area contributed by atoms with Gasteiger partial charge in [0.05, 0.1) is 19.7 Å². The average Bonchev–Trinajstić information content (AvgIpc) is 2.90. The number of nitrogens with zero attached hydrogens (tertiary/aromatic N) is 1. The van der Waals surface area contributed by atoms with Crippen molar-refractivity contribution < 1.29 is 23.8 Å². The molecule has 0 saturated carbocycles. The fourth-order valence-electron chi connectivity index (χ4n) is 3.57. The van der Waals surface area contributed by atoms with Crippen molar-refractivity contribution in [2.24, 2.45) is 0 Å². The number of anilines is 3. The predicted octanol–water partition coefficient (Wildman–Crippen LogP) is 6.12. The monoisotopic (exact) mass is 498 g/mol. The molecule has 0 fully saturated rings. The van der Waals surface area contributed by atoms with Crippen molar-refractivity contribution >= 4 is 39.9 Å². The topological polar surface area (TPSA) is 111 Å². The molecule has 0 bridgehead atoms. The number of aryl methyl sites for hydroxylation is 1. The highest BCUT2D eigenvalue weighted by molar-refractivity contribution is 6.01. The van der Waals surface area contributed by atoms with E-state index in [-0.39, 0.29) is 5.91 Å². The van der Waals surface area contributed by atoms with Crippen LogP contribution in [0.15, 0.2) is 79.5 Å². The van der Waals surface area contributed by atoms with Gasteiger partial charge in [-0.2, -0.15) is 0 Å². The van der Waals surface area contributed by atoms with Gasteiger partial charge in [0.25, 0.3) is 0 Å². The van der Waals surface area contributed by atoms with E-state index in [1.165, 1.54) is 6.08 Å². The number of amides is 3. The van der Waals surface area contributed by atoms with Crippen LogP contribution in [-0.4, -0.2) is 31.1 Å². The van der Waals surface area contributed by atoms with Crippen LogP contribution in [0.3, 0.4) is 0 Å². The third-order valence-electron chi connectivity index (χ3n) is 5.47. The lowest BCUT2D eigenvalue weighted by Crippen LogP contribution is -2.19.